The highest BCUT2D eigenvalue weighted by molar-refractivity contribution is 6.40. The van der Waals surface area contributed by atoms with Crippen molar-refractivity contribution in [3.63, 3.8) is 0 Å². The van der Waals surface area contributed by atoms with Crippen molar-refractivity contribution in [2.45, 2.75) is 44.0 Å². The van der Waals surface area contributed by atoms with Crippen molar-refractivity contribution in [1.82, 2.24) is 4.90 Å². The molecular weight excluding hydrogens is 402 g/mol. The Hall–Kier alpha value is -1.09. The van der Waals surface area contributed by atoms with Crippen LogP contribution in [0.4, 0.5) is 0 Å². The first kappa shape index (κ1) is 26.9. The third-order valence-corrected chi connectivity index (χ3v) is 5.07. The Morgan fingerprint density at radius 2 is 1.82 bits per heavy atom. The first-order valence-corrected chi connectivity index (χ1v) is 9.26. The van der Waals surface area contributed by atoms with Crippen LogP contribution in [0.1, 0.15) is 37.7 Å². The van der Waals surface area contributed by atoms with Crippen molar-refractivity contribution >= 4 is 43.5 Å². The van der Waals surface area contributed by atoms with Crippen LogP contribution in [0.2, 0.25) is 6.32 Å². The predicted molar refractivity (Wildman–Crippen MR) is 118 cm³/mol. The maximum absolute atomic E-state index is 11.6. The van der Waals surface area contributed by atoms with Gasteiger partial charge in [-0.1, -0.05) is 49.2 Å². The third kappa shape index (κ3) is 8.51. The van der Waals surface area contributed by atoms with Gasteiger partial charge in [0.15, 0.2) is 0 Å². The van der Waals surface area contributed by atoms with Gasteiger partial charge in [-0.3, -0.25) is 9.69 Å². The molecule has 0 radical (unpaired) electrons. The molecule has 1 heterocycles. The molecule has 0 aromatic heterocycles. The number of benzene rings is 1. The number of hydrogen-bond donors (Lipinski definition) is 4. The molecule has 0 amide bonds. The van der Waals surface area contributed by atoms with Crippen LogP contribution < -0.4 is 5.73 Å². The minimum Gasteiger partial charge on any atom is -0.480 e. The lowest BCUT2D eigenvalue weighted by atomic mass is 9.81. The SMILES string of the molecule is Cl.Cl.NC(CCCCB(O)O)(CCN1CC=C(c2ccccc2)CC1)C(=O)O. The summed E-state index contributed by atoms with van der Waals surface area (Å²) in [6.07, 6.45) is 5.25. The van der Waals surface area contributed by atoms with Gasteiger partial charge in [0.2, 0.25) is 0 Å². The summed E-state index contributed by atoms with van der Waals surface area (Å²) in [7, 11) is -1.34. The second kappa shape index (κ2) is 13.2. The number of carbonyl (C=O) groups is 1. The standard InChI is InChI=1S/C19H29BN2O4.2ClH/c21-19(18(23)24,10-4-5-12-20(25)26)11-15-22-13-8-17(9-14-22)16-6-2-1-3-7-16;;/h1-3,6-8,25-26H,4-5,9-15,21H2,(H,23,24);2*1H. The van der Waals surface area contributed by atoms with Crippen LogP contribution in [-0.4, -0.2) is 58.3 Å². The smallest absolute Gasteiger partial charge is 0.451 e. The second-order valence-electron chi connectivity index (χ2n) is 7.08. The summed E-state index contributed by atoms with van der Waals surface area (Å²) in [6.45, 7) is 2.34. The van der Waals surface area contributed by atoms with E-state index < -0.39 is 18.6 Å². The van der Waals surface area contributed by atoms with Crippen molar-refractivity contribution < 1.29 is 19.9 Å². The molecule has 0 spiro atoms. The number of nitrogens with two attached hydrogens (primary N) is 1. The fourth-order valence-electron chi connectivity index (χ4n) is 3.29. The van der Waals surface area contributed by atoms with Gasteiger partial charge in [0.1, 0.15) is 5.54 Å². The second-order valence-corrected chi connectivity index (χ2v) is 7.08. The third-order valence-electron chi connectivity index (χ3n) is 5.07. The first-order chi connectivity index (χ1) is 12.4. The molecule has 0 saturated heterocycles. The molecule has 6 nitrogen and oxygen atoms in total. The van der Waals surface area contributed by atoms with Crippen LogP contribution in [-0.2, 0) is 4.79 Å². The quantitative estimate of drug-likeness (QED) is 0.334. The summed E-state index contributed by atoms with van der Waals surface area (Å²) in [4.78, 5) is 13.8. The highest BCUT2D eigenvalue weighted by Crippen LogP contribution is 2.23. The molecule has 5 N–H and O–H groups in total. The number of carboxylic acid groups (broad SMARTS) is 1. The Bertz CT molecular complexity index is 619. The zero-order valence-electron chi connectivity index (χ0n) is 16.0. The van der Waals surface area contributed by atoms with Crippen molar-refractivity contribution in [3.8, 4) is 0 Å². The molecule has 0 saturated carbocycles. The molecule has 2 rings (SSSR count). The molecular formula is C19H31BCl2N2O4. The van der Waals surface area contributed by atoms with E-state index in [1.165, 1.54) is 11.1 Å². The summed E-state index contributed by atoms with van der Waals surface area (Å²) in [5.41, 5.74) is 7.45. The van der Waals surface area contributed by atoms with Gasteiger partial charge in [-0.2, -0.15) is 0 Å². The highest BCUT2D eigenvalue weighted by Gasteiger charge is 2.33. The van der Waals surface area contributed by atoms with Gasteiger partial charge in [0.25, 0.3) is 0 Å². The van der Waals surface area contributed by atoms with Crippen LogP contribution >= 0.6 is 24.8 Å². The lowest BCUT2D eigenvalue weighted by Crippen LogP contribution is -2.50. The number of nitrogens with zero attached hydrogens (tertiary/aromatic N) is 1. The van der Waals surface area contributed by atoms with E-state index in [1.54, 1.807) is 0 Å². The van der Waals surface area contributed by atoms with Crippen LogP contribution in [0.25, 0.3) is 5.57 Å². The van der Waals surface area contributed by atoms with Gasteiger partial charge in [-0.25, -0.2) is 0 Å². The largest absolute Gasteiger partial charge is 0.480 e. The normalized spacial score (nSPS) is 16.2. The number of aliphatic carboxylic acids is 1. The average Bonchev–Trinajstić information content (AvgIpc) is 2.64. The molecule has 9 heteroatoms. The lowest BCUT2D eigenvalue weighted by Gasteiger charge is -2.31. The predicted octanol–water partition coefficient (Wildman–Crippen LogP) is 2.43. The van der Waals surface area contributed by atoms with Gasteiger partial charge in [0.05, 0.1) is 0 Å². The molecule has 1 aliphatic heterocycles. The van der Waals surface area contributed by atoms with Gasteiger partial charge < -0.3 is 20.9 Å². The number of carboxylic acids is 1. The molecule has 1 aromatic carbocycles. The van der Waals surface area contributed by atoms with Crippen molar-refractivity contribution in [3.05, 3.63) is 42.0 Å². The number of halogens is 2. The molecule has 28 heavy (non-hydrogen) atoms. The maximum atomic E-state index is 11.6. The fourth-order valence-corrected chi connectivity index (χ4v) is 3.29. The van der Waals surface area contributed by atoms with Crippen molar-refractivity contribution in [1.29, 1.82) is 0 Å². The number of unbranched alkanes of at least 4 members (excludes halogenated alkanes) is 1. The Balaban J connectivity index is 0.00000364. The van der Waals surface area contributed by atoms with Gasteiger partial charge >= 0.3 is 13.1 Å². The van der Waals surface area contributed by atoms with E-state index in [1.807, 2.05) is 18.2 Å². The van der Waals surface area contributed by atoms with Crippen molar-refractivity contribution in [2.24, 2.45) is 5.73 Å². The van der Waals surface area contributed by atoms with E-state index in [0.717, 1.165) is 19.5 Å². The van der Waals surface area contributed by atoms with E-state index in [4.69, 9.17) is 15.8 Å². The fraction of sp³-hybridized carbons (Fsp3) is 0.526. The van der Waals surface area contributed by atoms with E-state index in [-0.39, 0.29) is 31.1 Å². The molecule has 1 atom stereocenters. The molecule has 1 aliphatic rings. The molecule has 1 aromatic rings. The van der Waals surface area contributed by atoms with Gasteiger partial charge in [-0.05, 0) is 36.7 Å². The minimum absolute atomic E-state index is 0. The topological polar surface area (TPSA) is 107 Å². The highest BCUT2D eigenvalue weighted by atomic mass is 35.5. The van der Waals surface area contributed by atoms with E-state index in [0.29, 0.717) is 32.2 Å². The van der Waals surface area contributed by atoms with Crippen LogP contribution in [0.15, 0.2) is 36.4 Å². The number of rotatable bonds is 10. The summed E-state index contributed by atoms with van der Waals surface area (Å²) in [6, 6.07) is 10.3. The summed E-state index contributed by atoms with van der Waals surface area (Å²) in [5.74, 6) is -0.987. The summed E-state index contributed by atoms with van der Waals surface area (Å²) < 4.78 is 0. The molecule has 0 bridgehead atoms. The molecule has 158 valence electrons. The molecule has 0 aliphatic carbocycles. The zero-order chi connectivity index (χ0) is 19.0. The Morgan fingerprint density at radius 1 is 1.14 bits per heavy atom. The van der Waals surface area contributed by atoms with E-state index >= 15 is 0 Å². The minimum atomic E-state index is -1.34. The van der Waals surface area contributed by atoms with Gasteiger partial charge in [-0.15, -0.1) is 24.8 Å². The van der Waals surface area contributed by atoms with E-state index in [2.05, 4.69) is 23.1 Å². The average molecular weight is 433 g/mol. The van der Waals surface area contributed by atoms with Crippen LogP contribution in [0, 0.1) is 0 Å². The maximum Gasteiger partial charge on any atom is 0.451 e. The monoisotopic (exact) mass is 432 g/mol. The van der Waals surface area contributed by atoms with Crippen LogP contribution in [0.5, 0.6) is 0 Å². The van der Waals surface area contributed by atoms with Crippen molar-refractivity contribution in [2.75, 3.05) is 19.6 Å². The van der Waals surface area contributed by atoms with Gasteiger partial charge in [0, 0.05) is 19.6 Å². The summed E-state index contributed by atoms with van der Waals surface area (Å²) in [5, 5.41) is 27.2. The number of hydrogen-bond acceptors (Lipinski definition) is 5. The van der Waals surface area contributed by atoms with Crippen LogP contribution in [0.3, 0.4) is 0 Å². The first-order valence-electron chi connectivity index (χ1n) is 9.26. The Morgan fingerprint density at radius 3 is 2.36 bits per heavy atom. The Labute approximate surface area is 179 Å². The molecule has 0 fully saturated rings. The zero-order valence-corrected chi connectivity index (χ0v) is 17.6. The summed E-state index contributed by atoms with van der Waals surface area (Å²) >= 11 is 0. The lowest BCUT2D eigenvalue weighted by molar-refractivity contribution is -0.144. The van der Waals surface area contributed by atoms with E-state index in [9.17, 15) is 9.90 Å². The molecule has 1 unspecified atom stereocenters. The Kier molecular flexibility index (Phi) is 12.7.